The van der Waals surface area contributed by atoms with Crippen LogP contribution in [-0.4, -0.2) is 0 Å². The van der Waals surface area contributed by atoms with Crippen LogP contribution in [0.5, 0.6) is 11.5 Å². The van der Waals surface area contributed by atoms with E-state index in [1.807, 2.05) is 43.3 Å². The van der Waals surface area contributed by atoms with E-state index in [1.54, 1.807) is 48.5 Å². The van der Waals surface area contributed by atoms with Crippen LogP contribution in [0.4, 0.5) is 5.69 Å². The zero-order valence-corrected chi connectivity index (χ0v) is 14.6. The minimum Gasteiger partial charge on any atom is -0.404 e. The van der Waals surface area contributed by atoms with E-state index in [2.05, 4.69) is 10.6 Å². The van der Waals surface area contributed by atoms with Gasteiger partial charge in [0.25, 0.3) is 0 Å². The molecule has 0 atom stereocenters. The summed E-state index contributed by atoms with van der Waals surface area (Å²) in [4.78, 5) is 0. The number of para-hydroxylation sites is 2. The molecule has 0 aromatic heterocycles. The molecular weight excluding hydrogens is 335 g/mol. The summed E-state index contributed by atoms with van der Waals surface area (Å²) in [6.45, 7) is 2.00. The zero-order valence-electron chi connectivity index (χ0n) is 13.8. The monoisotopic (exact) mass is 354 g/mol. The third-order valence-electron chi connectivity index (χ3n) is 3.33. The molecule has 0 bridgehead atoms. The summed E-state index contributed by atoms with van der Waals surface area (Å²) in [5, 5.41) is 2.69. The molecule has 0 aliphatic rings. The Morgan fingerprint density at radius 3 is 1.68 bits per heavy atom. The van der Waals surface area contributed by atoms with Crippen molar-refractivity contribution in [2.75, 3.05) is 5.43 Å². The minimum atomic E-state index is -3.70. The van der Waals surface area contributed by atoms with Gasteiger partial charge in [0.15, 0.2) is 0 Å². The Balaban J connectivity index is 1.77. The highest BCUT2D eigenvalue weighted by atomic mass is 31.2. The van der Waals surface area contributed by atoms with Crippen LogP contribution < -0.4 is 19.7 Å². The molecule has 0 unspecified atom stereocenters. The van der Waals surface area contributed by atoms with Crippen molar-refractivity contribution in [3.8, 4) is 11.5 Å². The molecule has 2 N–H and O–H groups in total. The van der Waals surface area contributed by atoms with E-state index in [-0.39, 0.29) is 0 Å². The van der Waals surface area contributed by atoms with Crippen molar-refractivity contribution < 1.29 is 13.6 Å². The first-order valence-corrected chi connectivity index (χ1v) is 9.36. The smallest absolute Gasteiger partial charge is 0.404 e. The SMILES string of the molecule is Cc1ccc(NNP(=O)(Oc2ccccc2)Oc2ccccc2)cc1. The second-order valence-corrected chi connectivity index (χ2v) is 6.99. The van der Waals surface area contributed by atoms with Crippen LogP contribution in [0.15, 0.2) is 84.9 Å². The molecule has 3 aromatic carbocycles. The van der Waals surface area contributed by atoms with Gasteiger partial charge in [-0.1, -0.05) is 54.1 Å². The van der Waals surface area contributed by atoms with Gasteiger partial charge in [0.1, 0.15) is 11.5 Å². The molecule has 0 spiro atoms. The first-order chi connectivity index (χ1) is 12.1. The zero-order chi connectivity index (χ0) is 17.5. The number of hydrogen-bond acceptors (Lipinski definition) is 4. The summed E-state index contributed by atoms with van der Waals surface area (Å²) >= 11 is 0. The molecule has 0 fully saturated rings. The molecule has 0 amide bonds. The Morgan fingerprint density at radius 1 is 0.720 bits per heavy atom. The van der Waals surface area contributed by atoms with Crippen molar-refractivity contribution in [2.24, 2.45) is 0 Å². The summed E-state index contributed by atoms with van der Waals surface area (Å²) in [6.07, 6.45) is 0. The molecule has 0 radical (unpaired) electrons. The van der Waals surface area contributed by atoms with Crippen LogP contribution in [0.25, 0.3) is 0 Å². The Morgan fingerprint density at radius 2 is 1.20 bits per heavy atom. The van der Waals surface area contributed by atoms with Crippen LogP contribution in [0.2, 0.25) is 0 Å². The van der Waals surface area contributed by atoms with Crippen molar-refractivity contribution in [3.05, 3.63) is 90.5 Å². The predicted octanol–water partition coefficient (Wildman–Crippen LogP) is 5.18. The lowest BCUT2D eigenvalue weighted by Crippen LogP contribution is -2.24. The number of benzene rings is 3. The van der Waals surface area contributed by atoms with E-state index in [0.29, 0.717) is 11.5 Å². The highest BCUT2D eigenvalue weighted by molar-refractivity contribution is 7.52. The Kier molecular flexibility index (Phi) is 5.39. The molecule has 25 heavy (non-hydrogen) atoms. The van der Waals surface area contributed by atoms with E-state index >= 15 is 0 Å². The fraction of sp³-hybridized carbons (Fsp3) is 0.0526. The quantitative estimate of drug-likeness (QED) is 0.452. The average Bonchev–Trinajstić information content (AvgIpc) is 2.63. The van der Waals surface area contributed by atoms with Crippen molar-refractivity contribution in [2.45, 2.75) is 6.92 Å². The molecule has 6 heteroatoms. The van der Waals surface area contributed by atoms with Gasteiger partial charge in [-0.15, -0.1) is 5.20 Å². The van der Waals surface area contributed by atoms with E-state index in [1.165, 1.54) is 0 Å². The van der Waals surface area contributed by atoms with Crippen LogP contribution in [-0.2, 0) is 4.57 Å². The van der Waals surface area contributed by atoms with Gasteiger partial charge in [0.2, 0.25) is 0 Å². The first-order valence-electron chi connectivity index (χ1n) is 7.82. The number of nitrogens with one attached hydrogen (secondary N) is 2. The number of aryl methyl sites for hydroxylation is 1. The Labute approximate surface area is 147 Å². The minimum absolute atomic E-state index is 0.444. The maximum absolute atomic E-state index is 13.2. The van der Waals surface area contributed by atoms with Crippen LogP contribution in [0, 0.1) is 6.92 Å². The van der Waals surface area contributed by atoms with Crippen LogP contribution in [0.3, 0.4) is 0 Å². The van der Waals surface area contributed by atoms with Crippen molar-refractivity contribution in [3.63, 3.8) is 0 Å². The van der Waals surface area contributed by atoms with Gasteiger partial charge in [0.05, 0.1) is 0 Å². The maximum Gasteiger partial charge on any atom is 0.530 e. The second kappa shape index (κ2) is 7.88. The van der Waals surface area contributed by atoms with Crippen molar-refractivity contribution in [1.82, 2.24) is 5.20 Å². The molecule has 3 aromatic rings. The van der Waals surface area contributed by atoms with E-state index < -0.39 is 7.75 Å². The molecule has 0 aliphatic carbocycles. The molecule has 3 rings (SSSR count). The van der Waals surface area contributed by atoms with Gasteiger partial charge >= 0.3 is 7.75 Å². The summed E-state index contributed by atoms with van der Waals surface area (Å²) in [7, 11) is -3.70. The average molecular weight is 354 g/mol. The molecule has 0 saturated heterocycles. The summed E-state index contributed by atoms with van der Waals surface area (Å²) in [5.74, 6) is 0.889. The van der Waals surface area contributed by atoms with E-state index in [9.17, 15) is 4.57 Å². The van der Waals surface area contributed by atoms with Gasteiger partial charge in [0, 0.05) is 5.69 Å². The molecule has 0 aliphatic heterocycles. The van der Waals surface area contributed by atoms with Crippen molar-refractivity contribution in [1.29, 1.82) is 0 Å². The molecule has 0 saturated carbocycles. The topological polar surface area (TPSA) is 59.6 Å². The highest BCUT2D eigenvalue weighted by Crippen LogP contribution is 2.44. The third kappa shape index (κ3) is 5.11. The van der Waals surface area contributed by atoms with Gasteiger partial charge in [-0.05, 0) is 43.3 Å². The molecular formula is C19H19N2O3P. The van der Waals surface area contributed by atoms with Gasteiger partial charge in [-0.25, -0.2) is 4.57 Å². The maximum atomic E-state index is 13.2. The van der Waals surface area contributed by atoms with Crippen LogP contribution >= 0.6 is 7.75 Å². The lowest BCUT2D eigenvalue weighted by molar-refractivity contribution is 0.375. The molecule has 5 nitrogen and oxygen atoms in total. The van der Waals surface area contributed by atoms with Crippen LogP contribution in [0.1, 0.15) is 5.56 Å². The second-order valence-electron chi connectivity index (χ2n) is 5.41. The molecule has 128 valence electrons. The fourth-order valence-corrected chi connectivity index (χ4v) is 3.27. The Bertz CT molecular complexity index is 794. The number of anilines is 1. The number of rotatable bonds is 7. The summed E-state index contributed by atoms with van der Waals surface area (Å²) in [5.41, 5.74) is 4.77. The first kappa shape index (κ1) is 17.1. The largest absolute Gasteiger partial charge is 0.530 e. The number of hydrazine groups is 1. The normalized spacial score (nSPS) is 10.9. The highest BCUT2D eigenvalue weighted by Gasteiger charge is 2.28. The lowest BCUT2D eigenvalue weighted by Gasteiger charge is -2.21. The molecule has 0 heterocycles. The van der Waals surface area contributed by atoms with Gasteiger partial charge in [-0.2, -0.15) is 0 Å². The Hall–Kier alpha value is -2.75. The summed E-state index contributed by atoms with van der Waals surface area (Å²) < 4.78 is 24.4. The van der Waals surface area contributed by atoms with E-state index in [4.69, 9.17) is 9.05 Å². The van der Waals surface area contributed by atoms with E-state index in [0.717, 1.165) is 11.3 Å². The predicted molar refractivity (Wildman–Crippen MR) is 99.7 cm³/mol. The standard InChI is InChI=1S/C19H19N2O3P/c1-16-12-14-17(15-13-16)20-21-25(22,23-18-8-4-2-5-9-18)24-19-10-6-3-7-11-19/h2-15,20H,1H3,(H,21,22). The number of hydrogen-bond donors (Lipinski definition) is 2. The van der Waals surface area contributed by atoms with Gasteiger partial charge < -0.3 is 14.5 Å². The summed E-state index contributed by atoms with van der Waals surface area (Å²) in [6, 6.07) is 25.4. The van der Waals surface area contributed by atoms with Crippen molar-refractivity contribution >= 4 is 13.4 Å². The lowest BCUT2D eigenvalue weighted by atomic mass is 10.2. The van der Waals surface area contributed by atoms with Gasteiger partial charge in [-0.3, -0.25) is 0 Å². The third-order valence-corrected chi connectivity index (χ3v) is 4.61. The fourth-order valence-electron chi connectivity index (χ4n) is 2.07.